The van der Waals surface area contributed by atoms with Crippen LogP contribution in [0.4, 0.5) is 24.5 Å². The third-order valence-corrected chi connectivity index (χ3v) is 4.77. The molecule has 0 atom stereocenters. The number of carbonyl (C=O) groups excluding carboxylic acids is 1. The highest BCUT2D eigenvalue weighted by Crippen LogP contribution is 2.36. The fourth-order valence-electron chi connectivity index (χ4n) is 3.18. The standard InChI is InChI=1S/C17H22F3N3O3/c1-3-12(4-2)16(24)22-9-7-21(8-10-22)14-6-5-13(17(18,19)20)11-15(14)23(25)26/h5-6,11-12H,3-4,7-10H2,1-2H3. The van der Waals surface area contributed by atoms with Gasteiger partial charge in [0.1, 0.15) is 5.69 Å². The molecule has 1 aromatic rings. The number of hydrogen-bond donors (Lipinski definition) is 0. The number of nitrogens with zero attached hydrogens (tertiary/aromatic N) is 3. The van der Waals surface area contributed by atoms with Gasteiger partial charge in [-0.15, -0.1) is 0 Å². The molecule has 0 unspecified atom stereocenters. The van der Waals surface area contributed by atoms with Crippen LogP contribution in [0.2, 0.25) is 0 Å². The van der Waals surface area contributed by atoms with Gasteiger partial charge in [0, 0.05) is 38.2 Å². The van der Waals surface area contributed by atoms with Crippen LogP contribution in [0.25, 0.3) is 0 Å². The van der Waals surface area contributed by atoms with E-state index in [2.05, 4.69) is 0 Å². The van der Waals surface area contributed by atoms with Gasteiger partial charge in [0.15, 0.2) is 0 Å². The van der Waals surface area contributed by atoms with E-state index in [0.29, 0.717) is 32.2 Å². The summed E-state index contributed by atoms with van der Waals surface area (Å²) in [4.78, 5) is 26.2. The summed E-state index contributed by atoms with van der Waals surface area (Å²) in [5.74, 6) is 0.0264. The topological polar surface area (TPSA) is 66.7 Å². The fraction of sp³-hybridized carbons (Fsp3) is 0.588. The largest absolute Gasteiger partial charge is 0.416 e. The highest BCUT2D eigenvalue weighted by atomic mass is 19.4. The van der Waals surface area contributed by atoms with E-state index in [4.69, 9.17) is 0 Å². The molecule has 1 fully saturated rings. The third-order valence-electron chi connectivity index (χ3n) is 4.77. The molecule has 0 N–H and O–H groups in total. The Morgan fingerprint density at radius 3 is 2.23 bits per heavy atom. The minimum atomic E-state index is -4.64. The van der Waals surface area contributed by atoms with Crippen LogP contribution in [0.1, 0.15) is 32.3 Å². The first-order chi connectivity index (χ1) is 12.2. The molecule has 0 saturated carbocycles. The van der Waals surface area contributed by atoms with Crippen molar-refractivity contribution in [3.05, 3.63) is 33.9 Å². The number of amides is 1. The summed E-state index contributed by atoms with van der Waals surface area (Å²) in [6.07, 6.45) is -3.14. The zero-order valence-electron chi connectivity index (χ0n) is 14.8. The van der Waals surface area contributed by atoms with E-state index >= 15 is 0 Å². The molecule has 0 bridgehead atoms. The molecule has 26 heavy (non-hydrogen) atoms. The minimum absolute atomic E-state index is 0.0399. The molecule has 144 valence electrons. The lowest BCUT2D eigenvalue weighted by Gasteiger charge is -2.37. The number of nitro benzene ring substituents is 1. The number of nitro groups is 1. The Balaban J connectivity index is 2.16. The number of anilines is 1. The van der Waals surface area contributed by atoms with Crippen molar-refractivity contribution in [1.29, 1.82) is 0 Å². The van der Waals surface area contributed by atoms with E-state index in [9.17, 15) is 28.1 Å². The van der Waals surface area contributed by atoms with Gasteiger partial charge >= 0.3 is 6.18 Å². The van der Waals surface area contributed by atoms with Crippen LogP contribution in [-0.2, 0) is 11.0 Å². The van der Waals surface area contributed by atoms with Crippen LogP contribution in [0, 0.1) is 16.0 Å². The highest BCUT2D eigenvalue weighted by Gasteiger charge is 2.34. The average Bonchev–Trinajstić information content (AvgIpc) is 2.61. The summed E-state index contributed by atoms with van der Waals surface area (Å²) < 4.78 is 38.4. The van der Waals surface area contributed by atoms with Crippen molar-refractivity contribution in [3.63, 3.8) is 0 Å². The number of benzene rings is 1. The monoisotopic (exact) mass is 373 g/mol. The van der Waals surface area contributed by atoms with Gasteiger partial charge in [-0.25, -0.2) is 0 Å². The van der Waals surface area contributed by atoms with Crippen molar-refractivity contribution in [3.8, 4) is 0 Å². The summed E-state index contributed by atoms with van der Waals surface area (Å²) in [5, 5.41) is 11.2. The SMILES string of the molecule is CCC(CC)C(=O)N1CCN(c2ccc(C(F)(F)F)cc2[N+](=O)[O-])CC1. The van der Waals surface area contributed by atoms with Crippen LogP contribution >= 0.6 is 0 Å². The Hall–Kier alpha value is -2.32. The lowest BCUT2D eigenvalue weighted by atomic mass is 10.0. The average molecular weight is 373 g/mol. The normalized spacial score (nSPS) is 15.5. The summed E-state index contributed by atoms with van der Waals surface area (Å²) in [6.45, 7) is 5.39. The Morgan fingerprint density at radius 1 is 1.19 bits per heavy atom. The van der Waals surface area contributed by atoms with Gasteiger partial charge in [-0.2, -0.15) is 13.2 Å². The van der Waals surface area contributed by atoms with E-state index in [1.54, 1.807) is 9.80 Å². The van der Waals surface area contributed by atoms with Crippen LogP contribution in [0.15, 0.2) is 18.2 Å². The van der Waals surface area contributed by atoms with Gasteiger partial charge in [0.05, 0.1) is 10.5 Å². The zero-order valence-corrected chi connectivity index (χ0v) is 14.8. The van der Waals surface area contributed by atoms with E-state index in [1.807, 2.05) is 13.8 Å². The molecular formula is C17H22F3N3O3. The first kappa shape index (κ1) is 20.0. The number of halogens is 3. The predicted molar refractivity (Wildman–Crippen MR) is 91.0 cm³/mol. The molecule has 1 heterocycles. The summed E-state index contributed by atoms with van der Waals surface area (Å²) in [7, 11) is 0. The number of alkyl halides is 3. The Kier molecular flexibility index (Phi) is 6.09. The van der Waals surface area contributed by atoms with Gasteiger partial charge in [-0.1, -0.05) is 13.8 Å². The lowest BCUT2D eigenvalue weighted by Crippen LogP contribution is -2.50. The Bertz CT molecular complexity index is 667. The molecule has 1 aliphatic rings. The molecule has 0 spiro atoms. The number of carbonyl (C=O) groups is 1. The first-order valence-corrected chi connectivity index (χ1v) is 8.58. The lowest BCUT2D eigenvalue weighted by molar-refractivity contribution is -0.384. The number of rotatable bonds is 5. The second-order valence-corrected chi connectivity index (χ2v) is 6.28. The summed E-state index contributed by atoms with van der Waals surface area (Å²) >= 11 is 0. The maximum atomic E-state index is 12.8. The van der Waals surface area contributed by atoms with Crippen molar-refractivity contribution in [2.45, 2.75) is 32.9 Å². The summed E-state index contributed by atoms with van der Waals surface area (Å²) in [5.41, 5.74) is -1.47. The molecule has 2 rings (SSSR count). The van der Waals surface area contributed by atoms with Gasteiger partial charge < -0.3 is 9.80 Å². The molecule has 1 saturated heterocycles. The van der Waals surface area contributed by atoms with E-state index in [-0.39, 0.29) is 17.5 Å². The molecule has 0 aliphatic carbocycles. The van der Waals surface area contributed by atoms with Crippen molar-refractivity contribution in [2.75, 3.05) is 31.1 Å². The predicted octanol–water partition coefficient (Wildman–Crippen LogP) is 3.70. The molecule has 1 aliphatic heterocycles. The van der Waals surface area contributed by atoms with Crippen molar-refractivity contribution < 1.29 is 22.9 Å². The van der Waals surface area contributed by atoms with Crippen molar-refractivity contribution >= 4 is 17.3 Å². The second-order valence-electron chi connectivity index (χ2n) is 6.28. The van der Waals surface area contributed by atoms with Gasteiger partial charge in [-0.3, -0.25) is 14.9 Å². The summed E-state index contributed by atoms with van der Waals surface area (Å²) in [6, 6.07) is 2.56. The third kappa shape index (κ3) is 4.25. The highest BCUT2D eigenvalue weighted by molar-refractivity contribution is 5.79. The quantitative estimate of drug-likeness (QED) is 0.583. The van der Waals surface area contributed by atoms with Crippen LogP contribution in [0.3, 0.4) is 0 Å². The van der Waals surface area contributed by atoms with Crippen molar-refractivity contribution in [2.24, 2.45) is 5.92 Å². The molecule has 1 amide bonds. The molecule has 0 aromatic heterocycles. The van der Waals surface area contributed by atoms with E-state index < -0.39 is 22.4 Å². The zero-order chi connectivity index (χ0) is 19.5. The second kappa shape index (κ2) is 7.92. The van der Waals surface area contributed by atoms with Gasteiger partial charge in [0.2, 0.25) is 5.91 Å². The first-order valence-electron chi connectivity index (χ1n) is 8.58. The van der Waals surface area contributed by atoms with Gasteiger partial charge in [-0.05, 0) is 25.0 Å². The minimum Gasteiger partial charge on any atom is -0.362 e. The Labute approximate surface area is 149 Å². The molecule has 0 radical (unpaired) electrons. The van der Waals surface area contributed by atoms with Gasteiger partial charge in [0.25, 0.3) is 5.69 Å². The molecule has 1 aromatic carbocycles. The van der Waals surface area contributed by atoms with Crippen LogP contribution < -0.4 is 4.90 Å². The number of piperazine rings is 1. The molecule has 9 heteroatoms. The van der Waals surface area contributed by atoms with Crippen LogP contribution in [-0.4, -0.2) is 41.9 Å². The molecular weight excluding hydrogens is 351 g/mol. The molecule has 6 nitrogen and oxygen atoms in total. The maximum absolute atomic E-state index is 12.8. The smallest absolute Gasteiger partial charge is 0.362 e. The van der Waals surface area contributed by atoms with E-state index in [0.717, 1.165) is 25.0 Å². The van der Waals surface area contributed by atoms with E-state index in [1.165, 1.54) is 0 Å². The maximum Gasteiger partial charge on any atom is 0.416 e. The number of hydrogen-bond acceptors (Lipinski definition) is 4. The Morgan fingerprint density at radius 2 is 1.77 bits per heavy atom. The fourth-order valence-corrected chi connectivity index (χ4v) is 3.18. The van der Waals surface area contributed by atoms with Crippen molar-refractivity contribution in [1.82, 2.24) is 4.90 Å². The van der Waals surface area contributed by atoms with Crippen LogP contribution in [0.5, 0.6) is 0 Å².